The highest BCUT2D eigenvalue weighted by Crippen LogP contribution is 2.18. The Morgan fingerprint density at radius 2 is 1.80 bits per heavy atom. The van der Waals surface area contributed by atoms with Gasteiger partial charge in [-0.05, 0) is 43.5 Å². The molecule has 7 heteroatoms. The van der Waals surface area contributed by atoms with E-state index in [9.17, 15) is 14.4 Å². The van der Waals surface area contributed by atoms with Gasteiger partial charge in [-0.1, -0.05) is 11.6 Å². The van der Waals surface area contributed by atoms with E-state index in [0.29, 0.717) is 55.9 Å². The Labute approximate surface area is 152 Å². The molecular formula is C18H24ClN3O3. The lowest BCUT2D eigenvalue weighted by Gasteiger charge is -2.31. The molecule has 2 rings (SSSR count). The van der Waals surface area contributed by atoms with E-state index in [-0.39, 0.29) is 23.6 Å². The summed E-state index contributed by atoms with van der Waals surface area (Å²) in [6, 6.07) is 6.67. The lowest BCUT2D eigenvalue weighted by Crippen LogP contribution is -2.42. The molecule has 1 aromatic carbocycles. The highest BCUT2D eigenvalue weighted by Gasteiger charge is 2.26. The molecule has 1 aliphatic rings. The Kier molecular flexibility index (Phi) is 7.25. The Hall–Kier alpha value is -2.08. The molecule has 6 nitrogen and oxygen atoms in total. The Morgan fingerprint density at radius 1 is 1.16 bits per heavy atom. The lowest BCUT2D eigenvalue weighted by atomic mass is 9.96. The predicted octanol–water partition coefficient (Wildman–Crippen LogP) is 1.83. The molecule has 2 N–H and O–H groups in total. The molecule has 0 atom stereocenters. The topological polar surface area (TPSA) is 78.5 Å². The van der Waals surface area contributed by atoms with E-state index in [1.54, 1.807) is 36.2 Å². The van der Waals surface area contributed by atoms with Gasteiger partial charge in [-0.2, -0.15) is 0 Å². The van der Waals surface area contributed by atoms with Gasteiger partial charge < -0.3 is 15.5 Å². The normalized spacial score (nSPS) is 14.9. The van der Waals surface area contributed by atoms with Crippen molar-refractivity contribution >= 4 is 29.3 Å². The van der Waals surface area contributed by atoms with Crippen LogP contribution in [-0.4, -0.2) is 49.3 Å². The van der Waals surface area contributed by atoms with Crippen LogP contribution in [0.3, 0.4) is 0 Å². The summed E-state index contributed by atoms with van der Waals surface area (Å²) in [5, 5.41) is 6.04. The first-order valence-corrected chi connectivity index (χ1v) is 8.92. The first-order valence-electron chi connectivity index (χ1n) is 8.54. The van der Waals surface area contributed by atoms with Crippen LogP contribution in [0.5, 0.6) is 0 Å². The molecule has 0 saturated carbocycles. The molecule has 0 aliphatic carbocycles. The second-order valence-corrected chi connectivity index (χ2v) is 6.57. The van der Waals surface area contributed by atoms with E-state index in [1.165, 1.54) is 0 Å². The predicted molar refractivity (Wildman–Crippen MR) is 96.4 cm³/mol. The van der Waals surface area contributed by atoms with Gasteiger partial charge in [0, 0.05) is 49.6 Å². The zero-order valence-electron chi connectivity index (χ0n) is 14.4. The van der Waals surface area contributed by atoms with Gasteiger partial charge in [0.05, 0.1) is 0 Å². The molecule has 25 heavy (non-hydrogen) atoms. The minimum atomic E-state index is -0.171. The van der Waals surface area contributed by atoms with Crippen molar-refractivity contribution in [1.29, 1.82) is 0 Å². The van der Waals surface area contributed by atoms with Crippen LogP contribution in [0.4, 0.5) is 0 Å². The molecule has 0 unspecified atom stereocenters. The summed E-state index contributed by atoms with van der Waals surface area (Å²) >= 11 is 5.79. The van der Waals surface area contributed by atoms with Gasteiger partial charge in [0.1, 0.15) is 0 Å². The number of carbonyl (C=O) groups is 3. The fraction of sp³-hybridized carbons (Fsp3) is 0.500. The first-order chi connectivity index (χ1) is 12.0. The van der Waals surface area contributed by atoms with Gasteiger partial charge in [-0.25, -0.2) is 0 Å². The molecule has 1 aromatic rings. The van der Waals surface area contributed by atoms with E-state index < -0.39 is 0 Å². The smallest absolute Gasteiger partial charge is 0.251 e. The van der Waals surface area contributed by atoms with Crippen molar-refractivity contribution in [2.75, 3.05) is 26.7 Å². The number of halogens is 1. The molecule has 0 aromatic heterocycles. The number of piperidine rings is 1. The van der Waals surface area contributed by atoms with Crippen LogP contribution < -0.4 is 10.6 Å². The summed E-state index contributed by atoms with van der Waals surface area (Å²) in [5.74, 6) is -0.0312. The number of nitrogens with one attached hydrogen (secondary N) is 2. The van der Waals surface area contributed by atoms with Gasteiger partial charge in [0.2, 0.25) is 11.8 Å². The third-order valence-corrected chi connectivity index (χ3v) is 4.68. The van der Waals surface area contributed by atoms with Crippen LogP contribution in [0.25, 0.3) is 0 Å². The monoisotopic (exact) mass is 365 g/mol. The molecule has 1 aliphatic heterocycles. The summed E-state index contributed by atoms with van der Waals surface area (Å²) in [6.07, 6.45) is 2.40. The van der Waals surface area contributed by atoms with Gasteiger partial charge in [0.25, 0.3) is 5.91 Å². The number of hydrogen-bond acceptors (Lipinski definition) is 3. The molecule has 0 bridgehead atoms. The summed E-state index contributed by atoms with van der Waals surface area (Å²) < 4.78 is 0. The van der Waals surface area contributed by atoms with Crippen molar-refractivity contribution < 1.29 is 14.4 Å². The molecule has 136 valence electrons. The fourth-order valence-electron chi connectivity index (χ4n) is 2.90. The number of amides is 3. The number of nitrogens with zero attached hydrogens (tertiary/aromatic N) is 1. The minimum Gasteiger partial charge on any atom is -0.359 e. The summed E-state index contributed by atoms with van der Waals surface area (Å²) in [7, 11) is 1.64. The maximum absolute atomic E-state index is 12.2. The SMILES string of the molecule is CNC(=O)C1CCN(C(=O)CCCNC(=O)c2ccc(Cl)cc2)CC1. The van der Waals surface area contributed by atoms with Crippen molar-refractivity contribution in [3.05, 3.63) is 34.9 Å². The van der Waals surface area contributed by atoms with E-state index >= 15 is 0 Å². The van der Waals surface area contributed by atoms with Crippen molar-refractivity contribution in [2.24, 2.45) is 5.92 Å². The van der Waals surface area contributed by atoms with E-state index in [0.717, 1.165) is 0 Å². The summed E-state index contributed by atoms with van der Waals surface area (Å²) in [5.41, 5.74) is 0.548. The van der Waals surface area contributed by atoms with Gasteiger partial charge in [-0.15, -0.1) is 0 Å². The van der Waals surface area contributed by atoms with Crippen molar-refractivity contribution in [3.63, 3.8) is 0 Å². The second kappa shape index (κ2) is 9.42. The largest absolute Gasteiger partial charge is 0.359 e. The Balaban J connectivity index is 1.65. The standard InChI is InChI=1S/C18H24ClN3O3/c1-20-17(24)14-8-11-22(12-9-14)16(23)3-2-10-21-18(25)13-4-6-15(19)7-5-13/h4-7,14H,2-3,8-12H2,1H3,(H,20,24)(H,21,25). The van der Waals surface area contributed by atoms with Crippen LogP contribution in [-0.2, 0) is 9.59 Å². The fourth-order valence-corrected chi connectivity index (χ4v) is 3.02. The number of likely N-dealkylation sites (tertiary alicyclic amines) is 1. The molecule has 3 amide bonds. The van der Waals surface area contributed by atoms with E-state index in [1.807, 2.05) is 0 Å². The van der Waals surface area contributed by atoms with Crippen LogP contribution >= 0.6 is 11.6 Å². The van der Waals surface area contributed by atoms with E-state index in [2.05, 4.69) is 10.6 Å². The maximum Gasteiger partial charge on any atom is 0.251 e. The Bertz CT molecular complexity index is 610. The molecule has 1 heterocycles. The second-order valence-electron chi connectivity index (χ2n) is 6.14. The van der Waals surface area contributed by atoms with Gasteiger partial charge in [0.15, 0.2) is 0 Å². The number of carbonyl (C=O) groups excluding carboxylic acids is 3. The zero-order valence-corrected chi connectivity index (χ0v) is 15.1. The van der Waals surface area contributed by atoms with Crippen molar-refractivity contribution in [3.8, 4) is 0 Å². The molecule has 1 saturated heterocycles. The molecule has 0 spiro atoms. The molecule has 0 radical (unpaired) electrons. The first kappa shape index (κ1) is 19.2. The minimum absolute atomic E-state index is 0.00714. The Morgan fingerprint density at radius 3 is 2.40 bits per heavy atom. The summed E-state index contributed by atoms with van der Waals surface area (Å²) in [4.78, 5) is 37.5. The van der Waals surface area contributed by atoms with Crippen LogP contribution in [0.15, 0.2) is 24.3 Å². The van der Waals surface area contributed by atoms with Gasteiger partial charge in [-0.3, -0.25) is 14.4 Å². The quantitative estimate of drug-likeness (QED) is 0.755. The summed E-state index contributed by atoms with van der Waals surface area (Å²) in [6.45, 7) is 1.68. The van der Waals surface area contributed by atoms with Crippen molar-refractivity contribution in [2.45, 2.75) is 25.7 Å². The average molecular weight is 366 g/mol. The average Bonchev–Trinajstić information content (AvgIpc) is 2.65. The number of benzene rings is 1. The number of hydrogen-bond donors (Lipinski definition) is 2. The van der Waals surface area contributed by atoms with Crippen molar-refractivity contribution in [1.82, 2.24) is 15.5 Å². The third kappa shape index (κ3) is 5.74. The van der Waals surface area contributed by atoms with Gasteiger partial charge >= 0.3 is 0 Å². The molecule has 1 fully saturated rings. The third-order valence-electron chi connectivity index (χ3n) is 4.42. The van der Waals surface area contributed by atoms with Crippen LogP contribution in [0.1, 0.15) is 36.0 Å². The van der Waals surface area contributed by atoms with Crippen LogP contribution in [0.2, 0.25) is 5.02 Å². The van der Waals surface area contributed by atoms with E-state index in [4.69, 9.17) is 11.6 Å². The van der Waals surface area contributed by atoms with Crippen LogP contribution in [0, 0.1) is 5.92 Å². The lowest BCUT2D eigenvalue weighted by molar-refractivity contribution is -0.135. The maximum atomic E-state index is 12.2. The highest BCUT2D eigenvalue weighted by atomic mass is 35.5. The highest BCUT2D eigenvalue weighted by molar-refractivity contribution is 6.30. The number of rotatable bonds is 6. The molecular weight excluding hydrogens is 342 g/mol. The zero-order chi connectivity index (χ0) is 18.2.